The third-order valence-electron chi connectivity index (χ3n) is 8.26. The number of rotatable bonds is 13. The first-order valence-electron chi connectivity index (χ1n) is 15.1. The van der Waals surface area contributed by atoms with Gasteiger partial charge in [0.15, 0.2) is 5.69 Å². The summed E-state index contributed by atoms with van der Waals surface area (Å²) in [7, 11) is 0. The minimum absolute atomic E-state index is 0.0292. The maximum Gasteiger partial charge on any atom is 0.274 e. The summed E-state index contributed by atoms with van der Waals surface area (Å²) in [4.78, 5) is 65.1. The Kier molecular flexibility index (Phi) is 9.56. The van der Waals surface area contributed by atoms with E-state index >= 15 is 0 Å². The van der Waals surface area contributed by atoms with Gasteiger partial charge in [-0.1, -0.05) is 60.5 Å². The molecule has 12 heteroatoms. The molecule has 12 nitrogen and oxygen atoms in total. The van der Waals surface area contributed by atoms with Gasteiger partial charge in [-0.05, 0) is 54.9 Å². The van der Waals surface area contributed by atoms with Gasteiger partial charge < -0.3 is 31.5 Å². The first-order chi connectivity index (χ1) is 21.2. The highest BCUT2D eigenvalue weighted by atomic mass is 16.5. The van der Waals surface area contributed by atoms with E-state index in [2.05, 4.69) is 26.4 Å². The number of nitrogens with zero attached hydrogens (tertiary/aromatic N) is 1. The van der Waals surface area contributed by atoms with E-state index in [0.29, 0.717) is 25.1 Å². The molecule has 4 atom stereocenters. The van der Waals surface area contributed by atoms with Crippen molar-refractivity contribution in [2.45, 2.75) is 70.0 Å². The summed E-state index contributed by atoms with van der Waals surface area (Å²) in [5.41, 5.74) is 6.49. The van der Waals surface area contributed by atoms with Gasteiger partial charge in [0.2, 0.25) is 23.6 Å². The van der Waals surface area contributed by atoms with Crippen molar-refractivity contribution in [3.05, 3.63) is 65.5 Å². The van der Waals surface area contributed by atoms with Gasteiger partial charge in [0.1, 0.15) is 23.9 Å². The smallest absolute Gasteiger partial charge is 0.274 e. The van der Waals surface area contributed by atoms with Crippen molar-refractivity contribution in [2.75, 3.05) is 6.54 Å². The molecule has 1 aliphatic heterocycles. The number of hydrogen-bond donors (Lipinski definition) is 5. The van der Waals surface area contributed by atoms with Gasteiger partial charge in [0.25, 0.3) is 5.91 Å². The molecule has 3 aromatic rings. The van der Waals surface area contributed by atoms with Crippen LogP contribution in [0.25, 0.3) is 10.8 Å². The summed E-state index contributed by atoms with van der Waals surface area (Å²) in [6, 6.07) is 11.8. The third-order valence-corrected chi connectivity index (χ3v) is 8.26. The summed E-state index contributed by atoms with van der Waals surface area (Å²) in [5.74, 6) is -2.40. The average molecular weight is 603 g/mol. The van der Waals surface area contributed by atoms with E-state index in [-0.39, 0.29) is 30.4 Å². The molecule has 1 saturated carbocycles. The van der Waals surface area contributed by atoms with Gasteiger partial charge in [-0.2, -0.15) is 0 Å². The van der Waals surface area contributed by atoms with Crippen LogP contribution in [0.15, 0.2) is 53.1 Å². The fourth-order valence-corrected chi connectivity index (χ4v) is 5.66. The van der Waals surface area contributed by atoms with E-state index in [4.69, 9.17) is 10.3 Å². The van der Waals surface area contributed by atoms with Crippen molar-refractivity contribution in [2.24, 2.45) is 17.6 Å². The molecular weight excluding hydrogens is 564 g/mol. The van der Waals surface area contributed by atoms with Crippen LogP contribution in [-0.2, 0) is 25.6 Å². The second-order valence-electron chi connectivity index (χ2n) is 11.8. The van der Waals surface area contributed by atoms with Crippen molar-refractivity contribution in [1.82, 2.24) is 26.4 Å². The number of nitrogens with one attached hydrogen (secondary N) is 4. The molecule has 0 radical (unpaired) electrons. The van der Waals surface area contributed by atoms with Gasteiger partial charge in [0.05, 0.1) is 0 Å². The summed E-state index contributed by atoms with van der Waals surface area (Å²) in [6.07, 6.45) is 3.79. The van der Waals surface area contributed by atoms with Gasteiger partial charge in [-0.3, -0.25) is 24.0 Å². The molecule has 2 aliphatic rings. The van der Waals surface area contributed by atoms with Crippen LogP contribution in [0.4, 0.5) is 0 Å². The van der Waals surface area contributed by atoms with E-state index in [9.17, 15) is 24.0 Å². The number of aromatic nitrogens is 1. The Morgan fingerprint density at radius 2 is 1.68 bits per heavy atom. The normalized spacial score (nSPS) is 18.5. The zero-order chi connectivity index (χ0) is 31.2. The number of carbonyl (C=O) groups excluding carboxylic acids is 5. The zero-order valence-corrected chi connectivity index (χ0v) is 24.6. The van der Waals surface area contributed by atoms with E-state index < -0.39 is 47.7 Å². The van der Waals surface area contributed by atoms with Crippen molar-refractivity contribution in [3.63, 3.8) is 0 Å². The number of fused-ring (bicyclic) bond motifs is 1. The van der Waals surface area contributed by atoms with E-state index in [1.807, 2.05) is 42.5 Å². The molecule has 1 aliphatic carbocycles. The van der Waals surface area contributed by atoms with Gasteiger partial charge >= 0.3 is 0 Å². The molecule has 0 spiro atoms. The van der Waals surface area contributed by atoms with E-state index in [0.717, 1.165) is 35.6 Å². The molecule has 232 valence electrons. The molecule has 0 bridgehead atoms. The third kappa shape index (κ3) is 7.80. The molecule has 2 heterocycles. The Bertz CT molecular complexity index is 1540. The molecule has 2 aromatic carbocycles. The Balaban J connectivity index is 1.35. The maximum atomic E-state index is 13.9. The number of hydrogen-bond acceptors (Lipinski definition) is 7. The molecule has 2 fully saturated rings. The summed E-state index contributed by atoms with van der Waals surface area (Å²) in [5, 5.41) is 16.8. The molecule has 1 saturated heterocycles. The minimum Gasteiger partial charge on any atom is -0.368 e. The largest absolute Gasteiger partial charge is 0.368 e. The van der Waals surface area contributed by atoms with E-state index in [1.165, 1.54) is 6.07 Å². The maximum absolute atomic E-state index is 13.9. The Hall–Kier alpha value is -4.74. The van der Waals surface area contributed by atoms with Gasteiger partial charge in [-0.15, -0.1) is 0 Å². The lowest BCUT2D eigenvalue weighted by Crippen LogP contribution is -2.57. The molecule has 0 unspecified atom stereocenters. The van der Waals surface area contributed by atoms with Crippen LogP contribution >= 0.6 is 0 Å². The molecule has 6 N–H and O–H groups in total. The van der Waals surface area contributed by atoms with Crippen LogP contribution in [0, 0.1) is 18.8 Å². The Morgan fingerprint density at radius 1 is 0.955 bits per heavy atom. The van der Waals surface area contributed by atoms with Crippen molar-refractivity contribution in [3.8, 4) is 0 Å². The summed E-state index contributed by atoms with van der Waals surface area (Å²) in [6.45, 7) is 2.23. The Morgan fingerprint density at radius 3 is 2.39 bits per heavy atom. The predicted molar refractivity (Wildman–Crippen MR) is 161 cm³/mol. The fraction of sp³-hybridized carbons (Fsp3) is 0.438. The van der Waals surface area contributed by atoms with Crippen LogP contribution < -0.4 is 27.0 Å². The number of aryl methyl sites for hydroxylation is 1. The second-order valence-corrected chi connectivity index (χ2v) is 11.8. The van der Waals surface area contributed by atoms with Crippen molar-refractivity contribution >= 4 is 40.3 Å². The first kappa shape index (κ1) is 30.7. The van der Waals surface area contributed by atoms with E-state index in [1.54, 1.807) is 6.92 Å². The number of nitrogens with two attached hydrogens (primary N) is 1. The number of amides is 5. The van der Waals surface area contributed by atoms with Crippen LogP contribution in [0.2, 0.25) is 0 Å². The zero-order valence-electron chi connectivity index (χ0n) is 24.6. The highest BCUT2D eigenvalue weighted by molar-refractivity contribution is 5.98. The molecular formula is C32H38N6O6. The van der Waals surface area contributed by atoms with Crippen molar-refractivity contribution in [1.29, 1.82) is 0 Å². The number of primary amides is 1. The quantitative estimate of drug-likeness (QED) is 0.197. The lowest BCUT2D eigenvalue weighted by molar-refractivity contribution is -0.133. The summed E-state index contributed by atoms with van der Waals surface area (Å²) >= 11 is 0. The SMILES string of the molecule is Cc1cc(C(=O)N[C@@H](Cc2cccc3ccccc23)C(=O)N[C@@H](CC2CC2)C(=O)N[C@@H](C[C@@H]2CCCNC2=O)C(N)=O)no1. The first-order valence-corrected chi connectivity index (χ1v) is 15.1. The van der Waals surface area contributed by atoms with Gasteiger partial charge in [-0.25, -0.2) is 0 Å². The lowest BCUT2D eigenvalue weighted by Gasteiger charge is -2.27. The predicted octanol–water partition coefficient (Wildman–Crippen LogP) is 1.65. The topological polar surface area (TPSA) is 186 Å². The molecule has 1 aromatic heterocycles. The second kappa shape index (κ2) is 13.7. The van der Waals surface area contributed by atoms with Crippen LogP contribution in [0.5, 0.6) is 0 Å². The average Bonchev–Trinajstić information content (AvgIpc) is 3.72. The Labute approximate surface area is 254 Å². The highest BCUT2D eigenvalue weighted by Crippen LogP contribution is 2.33. The number of carbonyl (C=O) groups is 5. The van der Waals surface area contributed by atoms with Gasteiger partial charge in [0, 0.05) is 24.9 Å². The number of piperidine rings is 1. The lowest BCUT2D eigenvalue weighted by atomic mass is 9.91. The van der Waals surface area contributed by atoms with Crippen LogP contribution in [0.1, 0.15) is 60.3 Å². The standard InChI is InChI=1S/C32H38N6O6/c1-18-14-27(38-44-18)32(43)37-26(16-21-8-4-7-20-6-2-3-10-23(20)21)31(42)36-25(15-19-11-12-19)30(41)35-24(28(33)39)17-22-9-5-13-34-29(22)40/h2-4,6-8,10,14,19,22,24-26H,5,9,11-13,15-17H2,1H3,(H2,33,39)(H,34,40)(H,35,41)(H,36,42)(H,37,43)/t22-,24-,25-,26-/m0/s1. The monoisotopic (exact) mass is 602 g/mol. The number of benzene rings is 2. The minimum atomic E-state index is -1.07. The highest BCUT2D eigenvalue weighted by Gasteiger charge is 2.35. The molecule has 5 amide bonds. The molecule has 5 rings (SSSR count). The van der Waals surface area contributed by atoms with Crippen molar-refractivity contribution < 1.29 is 28.5 Å². The fourth-order valence-electron chi connectivity index (χ4n) is 5.66. The van der Waals surface area contributed by atoms with Crippen LogP contribution in [-0.4, -0.2) is 59.4 Å². The summed E-state index contributed by atoms with van der Waals surface area (Å²) < 4.78 is 5.04. The van der Waals surface area contributed by atoms with Crippen LogP contribution in [0.3, 0.4) is 0 Å². The molecule has 44 heavy (non-hydrogen) atoms.